The predicted octanol–water partition coefficient (Wildman–Crippen LogP) is 3.09. The lowest BCUT2D eigenvalue weighted by Crippen LogP contribution is -2.27. The maximum absolute atomic E-state index is 12.2. The molecule has 2 aromatic carbocycles. The minimum Gasteiger partial charge on any atom is -0.491 e. The topological polar surface area (TPSA) is 58.6 Å². The Morgan fingerprint density at radius 1 is 1.14 bits per heavy atom. The first-order chi connectivity index (χ1) is 9.94. The number of hydrogen-bond donors (Lipinski definition) is 2. The molecule has 0 aromatic heterocycles. The van der Waals surface area contributed by atoms with Crippen LogP contribution in [0.5, 0.6) is 5.75 Å². The summed E-state index contributed by atoms with van der Waals surface area (Å²) in [6.45, 7) is 3.49. The van der Waals surface area contributed by atoms with Crippen LogP contribution in [0.4, 0.5) is 5.69 Å². The van der Waals surface area contributed by atoms with E-state index >= 15 is 0 Å². The molecule has 21 heavy (non-hydrogen) atoms. The second-order valence-electron chi connectivity index (χ2n) is 5.45. The van der Waals surface area contributed by atoms with Gasteiger partial charge in [-0.05, 0) is 44.2 Å². The molecule has 0 heterocycles. The van der Waals surface area contributed by atoms with Crippen LogP contribution in [0, 0.1) is 0 Å². The van der Waals surface area contributed by atoms with Gasteiger partial charge in [0.1, 0.15) is 12.4 Å². The van der Waals surface area contributed by atoms with Gasteiger partial charge in [0, 0.05) is 11.3 Å². The van der Waals surface area contributed by atoms with E-state index in [4.69, 9.17) is 4.74 Å². The highest BCUT2D eigenvalue weighted by atomic mass is 16.5. The maximum atomic E-state index is 12.2. The summed E-state index contributed by atoms with van der Waals surface area (Å²) >= 11 is 0. The van der Waals surface area contributed by atoms with Gasteiger partial charge in [-0.15, -0.1) is 0 Å². The van der Waals surface area contributed by atoms with Crippen molar-refractivity contribution in [1.82, 2.24) is 0 Å². The fourth-order valence-corrected chi connectivity index (χ4v) is 1.71. The molecular formula is C17H19NO3. The van der Waals surface area contributed by atoms with E-state index in [1.807, 2.05) is 30.3 Å². The van der Waals surface area contributed by atoms with E-state index in [1.165, 1.54) is 0 Å². The Morgan fingerprint density at radius 2 is 1.86 bits per heavy atom. The Kier molecular flexibility index (Phi) is 4.60. The number of ether oxygens (including phenoxy) is 1. The van der Waals surface area contributed by atoms with Crippen molar-refractivity contribution >= 4 is 11.6 Å². The van der Waals surface area contributed by atoms with E-state index < -0.39 is 5.60 Å². The summed E-state index contributed by atoms with van der Waals surface area (Å²) in [6.07, 6.45) is 0. The number of carbonyl (C=O) groups excluding carboxylic acids is 1. The lowest BCUT2D eigenvalue weighted by Gasteiger charge is -2.18. The van der Waals surface area contributed by atoms with E-state index in [0.29, 0.717) is 11.3 Å². The van der Waals surface area contributed by atoms with Gasteiger partial charge in [0.15, 0.2) is 0 Å². The predicted molar refractivity (Wildman–Crippen MR) is 82.6 cm³/mol. The van der Waals surface area contributed by atoms with Crippen molar-refractivity contribution in [3.63, 3.8) is 0 Å². The number of anilines is 1. The quantitative estimate of drug-likeness (QED) is 0.887. The van der Waals surface area contributed by atoms with Crippen molar-refractivity contribution in [2.45, 2.75) is 19.4 Å². The van der Waals surface area contributed by atoms with Gasteiger partial charge >= 0.3 is 0 Å². The number of amides is 1. The number of para-hydroxylation sites is 1. The molecule has 0 radical (unpaired) electrons. The summed E-state index contributed by atoms with van der Waals surface area (Å²) in [5, 5.41) is 12.5. The Labute approximate surface area is 124 Å². The number of hydrogen-bond acceptors (Lipinski definition) is 3. The smallest absolute Gasteiger partial charge is 0.255 e. The first-order valence-electron chi connectivity index (χ1n) is 6.76. The van der Waals surface area contributed by atoms with Crippen molar-refractivity contribution in [2.75, 3.05) is 11.9 Å². The average Bonchev–Trinajstić information content (AvgIpc) is 2.46. The molecule has 0 aliphatic carbocycles. The third-order valence-corrected chi connectivity index (χ3v) is 2.72. The molecule has 0 spiro atoms. The summed E-state index contributed by atoms with van der Waals surface area (Å²) in [4.78, 5) is 12.2. The molecule has 0 fully saturated rings. The second-order valence-corrected chi connectivity index (χ2v) is 5.45. The molecule has 0 aliphatic heterocycles. The molecule has 2 N–H and O–H groups in total. The summed E-state index contributed by atoms with van der Waals surface area (Å²) in [5.41, 5.74) is 0.333. The largest absolute Gasteiger partial charge is 0.491 e. The summed E-state index contributed by atoms with van der Waals surface area (Å²) in [6, 6.07) is 16.1. The van der Waals surface area contributed by atoms with Crippen LogP contribution < -0.4 is 10.1 Å². The molecule has 1 amide bonds. The van der Waals surface area contributed by atoms with E-state index in [1.54, 1.807) is 38.1 Å². The van der Waals surface area contributed by atoms with Gasteiger partial charge in [-0.2, -0.15) is 0 Å². The first-order valence-corrected chi connectivity index (χ1v) is 6.76. The molecule has 4 heteroatoms. The second kappa shape index (κ2) is 6.41. The molecule has 0 unspecified atom stereocenters. The molecular weight excluding hydrogens is 266 g/mol. The van der Waals surface area contributed by atoms with Crippen molar-refractivity contribution in [3.8, 4) is 5.75 Å². The minimum atomic E-state index is -0.914. The molecule has 2 aromatic rings. The molecule has 0 aliphatic rings. The third-order valence-electron chi connectivity index (χ3n) is 2.72. The van der Waals surface area contributed by atoms with Crippen LogP contribution in [-0.4, -0.2) is 23.2 Å². The van der Waals surface area contributed by atoms with Crippen molar-refractivity contribution in [2.24, 2.45) is 0 Å². The fraction of sp³-hybridized carbons (Fsp3) is 0.235. The van der Waals surface area contributed by atoms with Crippen molar-refractivity contribution in [1.29, 1.82) is 0 Å². The summed E-state index contributed by atoms with van der Waals surface area (Å²) in [5.74, 6) is 0.354. The molecule has 2 rings (SSSR count). The van der Waals surface area contributed by atoms with E-state index in [0.717, 1.165) is 5.69 Å². The highest BCUT2D eigenvalue weighted by Crippen LogP contribution is 2.16. The Hall–Kier alpha value is -2.33. The van der Waals surface area contributed by atoms with Crippen LogP contribution in [0.2, 0.25) is 0 Å². The number of nitrogens with one attached hydrogen (secondary N) is 1. The Bertz CT molecular complexity index is 603. The third kappa shape index (κ3) is 4.93. The zero-order valence-electron chi connectivity index (χ0n) is 12.2. The van der Waals surface area contributed by atoms with Crippen molar-refractivity contribution in [3.05, 3.63) is 60.2 Å². The Morgan fingerprint density at radius 3 is 2.52 bits per heavy atom. The van der Waals surface area contributed by atoms with Gasteiger partial charge in [0.05, 0.1) is 5.60 Å². The van der Waals surface area contributed by atoms with Crippen LogP contribution in [0.15, 0.2) is 54.6 Å². The van der Waals surface area contributed by atoms with E-state index in [9.17, 15) is 9.90 Å². The van der Waals surface area contributed by atoms with Crippen molar-refractivity contribution < 1.29 is 14.6 Å². The van der Waals surface area contributed by atoms with Crippen LogP contribution >= 0.6 is 0 Å². The molecule has 4 nitrogen and oxygen atoms in total. The van der Waals surface area contributed by atoms with Crippen LogP contribution in [0.3, 0.4) is 0 Å². The van der Waals surface area contributed by atoms with Crippen LogP contribution in [0.1, 0.15) is 24.2 Å². The van der Waals surface area contributed by atoms with E-state index in [-0.39, 0.29) is 12.5 Å². The normalized spacial score (nSPS) is 11.0. The minimum absolute atomic E-state index is 0.163. The zero-order chi connectivity index (χ0) is 15.3. The monoisotopic (exact) mass is 285 g/mol. The number of rotatable bonds is 5. The maximum Gasteiger partial charge on any atom is 0.255 e. The highest BCUT2D eigenvalue weighted by Gasteiger charge is 2.14. The summed E-state index contributed by atoms with van der Waals surface area (Å²) in [7, 11) is 0. The number of benzene rings is 2. The van der Waals surface area contributed by atoms with Gasteiger partial charge in [0.2, 0.25) is 0 Å². The average molecular weight is 285 g/mol. The summed E-state index contributed by atoms with van der Waals surface area (Å²) < 4.78 is 5.48. The molecule has 0 atom stereocenters. The Balaban J connectivity index is 2.05. The zero-order valence-corrected chi connectivity index (χ0v) is 12.2. The fourth-order valence-electron chi connectivity index (χ4n) is 1.71. The molecule has 0 saturated heterocycles. The standard InChI is InChI=1S/C17H19NO3/c1-17(2,20)12-21-15-10-6-7-13(11-15)16(19)18-14-8-4-3-5-9-14/h3-11,20H,12H2,1-2H3,(H,18,19). The molecule has 0 saturated carbocycles. The van der Waals surface area contributed by atoms with Gasteiger partial charge in [-0.25, -0.2) is 0 Å². The SMILES string of the molecule is CC(C)(O)COc1cccc(C(=O)Nc2ccccc2)c1. The molecule has 110 valence electrons. The lowest BCUT2D eigenvalue weighted by molar-refractivity contribution is 0.0285. The lowest BCUT2D eigenvalue weighted by atomic mass is 10.1. The molecule has 0 bridgehead atoms. The number of aliphatic hydroxyl groups is 1. The van der Waals surface area contributed by atoms with Gasteiger partial charge in [-0.1, -0.05) is 24.3 Å². The first kappa shape index (κ1) is 15.1. The van der Waals surface area contributed by atoms with Gasteiger partial charge < -0.3 is 15.2 Å². The van der Waals surface area contributed by atoms with Crippen LogP contribution in [0.25, 0.3) is 0 Å². The van der Waals surface area contributed by atoms with E-state index in [2.05, 4.69) is 5.32 Å². The van der Waals surface area contributed by atoms with Gasteiger partial charge in [0.25, 0.3) is 5.91 Å². The number of carbonyl (C=O) groups is 1. The van der Waals surface area contributed by atoms with Crippen LogP contribution in [-0.2, 0) is 0 Å². The highest BCUT2D eigenvalue weighted by molar-refractivity contribution is 6.04. The van der Waals surface area contributed by atoms with Gasteiger partial charge in [-0.3, -0.25) is 4.79 Å².